The molecule has 7 heteroatoms. The van der Waals surface area contributed by atoms with E-state index in [0.29, 0.717) is 0 Å². The van der Waals surface area contributed by atoms with Gasteiger partial charge in [-0.1, -0.05) is 53.7 Å². The van der Waals surface area contributed by atoms with E-state index < -0.39 is 7.82 Å². The number of phosphoric acid groups is 1. The van der Waals surface area contributed by atoms with Crippen LogP contribution in [0.25, 0.3) is 0 Å². The predicted molar refractivity (Wildman–Crippen MR) is 90.8 cm³/mol. The first-order chi connectivity index (χ1) is 8.31. The molecule has 0 atom stereocenters. The van der Waals surface area contributed by atoms with Gasteiger partial charge in [-0.25, -0.2) is 4.57 Å². The van der Waals surface area contributed by atoms with Gasteiger partial charge in [0.25, 0.3) is 0 Å². The molecular weight excluding hydrogens is 309 g/mol. The van der Waals surface area contributed by atoms with Gasteiger partial charge < -0.3 is 4.52 Å². The first kappa shape index (κ1) is 24.4. The monoisotopic (exact) mass is 334 g/mol. The van der Waals surface area contributed by atoms with Crippen molar-refractivity contribution in [2.45, 2.75) is 52.4 Å². The summed E-state index contributed by atoms with van der Waals surface area (Å²) < 4.78 is 15.8. The van der Waals surface area contributed by atoms with Gasteiger partial charge in [0, 0.05) is 5.56 Å². The van der Waals surface area contributed by atoms with Gasteiger partial charge in [0.15, 0.2) is 0 Å². The molecule has 2 N–H and O–H groups in total. The molecule has 1 rings (SSSR count). The second-order valence-electron chi connectivity index (χ2n) is 6.79. The second kappa shape index (κ2) is 8.32. The third kappa shape index (κ3) is 8.01. The Hall–Kier alpha value is 1.17. The van der Waals surface area contributed by atoms with Gasteiger partial charge in [-0.05, 0) is 22.5 Å². The third-order valence-electron chi connectivity index (χ3n) is 2.87. The molecule has 0 aliphatic rings. The normalized spacial score (nSPS) is 12.2. The Kier molecular flexibility index (Phi) is 9.68. The Morgan fingerprint density at radius 2 is 1.43 bits per heavy atom. The Labute approximate surface area is 171 Å². The summed E-state index contributed by atoms with van der Waals surface area (Å²) in [4.78, 5) is 18.0. The van der Waals surface area contributed by atoms with Crippen LogP contribution in [0.1, 0.15) is 52.7 Å². The molecular formula is C14H25Na2O4P. The molecule has 0 aliphatic carbocycles. The van der Waals surface area contributed by atoms with Crippen LogP contribution >= 0.6 is 7.82 Å². The van der Waals surface area contributed by atoms with E-state index in [1.54, 1.807) is 6.07 Å². The molecule has 0 heterocycles. The van der Waals surface area contributed by atoms with Crippen molar-refractivity contribution in [1.82, 2.24) is 0 Å². The molecule has 4 nitrogen and oxygen atoms in total. The first-order valence-corrected chi connectivity index (χ1v) is 7.74. The Morgan fingerprint density at radius 3 is 1.76 bits per heavy atom. The molecule has 1 aromatic carbocycles. The maximum atomic E-state index is 11.0. The number of hydrogen-bond acceptors (Lipinski definition) is 2. The summed E-state index contributed by atoms with van der Waals surface area (Å²) in [5, 5.41) is 0. The minimum atomic E-state index is -4.54. The van der Waals surface area contributed by atoms with Gasteiger partial charge in [0.2, 0.25) is 0 Å². The van der Waals surface area contributed by atoms with Crippen molar-refractivity contribution >= 4 is 66.9 Å². The fraction of sp³-hybridized carbons (Fsp3) is 0.571. The second-order valence-corrected chi connectivity index (χ2v) is 7.96. The summed E-state index contributed by atoms with van der Waals surface area (Å²) in [6, 6.07) is 5.45. The molecule has 0 bridgehead atoms. The molecule has 0 radical (unpaired) electrons. The molecule has 21 heavy (non-hydrogen) atoms. The molecule has 0 fully saturated rings. The predicted octanol–water partition coefficient (Wildman–Crippen LogP) is 2.46. The van der Waals surface area contributed by atoms with Crippen molar-refractivity contribution in [3.05, 3.63) is 29.3 Å². The van der Waals surface area contributed by atoms with Gasteiger partial charge in [-0.3, -0.25) is 9.79 Å². The van der Waals surface area contributed by atoms with Crippen LogP contribution in [-0.4, -0.2) is 68.9 Å². The number of hydrogen-bond donors (Lipinski definition) is 2. The van der Waals surface area contributed by atoms with E-state index >= 15 is 0 Å². The third-order valence-corrected chi connectivity index (χ3v) is 3.31. The summed E-state index contributed by atoms with van der Waals surface area (Å²) in [7, 11) is -4.54. The zero-order valence-corrected chi connectivity index (χ0v) is 13.3. The van der Waals surface area contributed by atoms with Crippen LogP contribution in [0.15, 0.2) is 18.2 Å². The minimum absolute atomic E-state index is 0. The van der Waals surface area contributed by atoms with Crippen LogP contribution in [0.2, 0.25) is 0 Å². The van der Waals surface area contributed by atoms with Crippen molar-refractivity contribution in [2.75, 3.05) is 0 Å². The van der Waals surface area contributed by atoms with Crippen LogP contribution < -0.4 is 4.52 Å². The molecule has 0 saturated carbocycles. The maximum absolute atomic E-state index is 11.0. The van der Waals surface area contributed by atoms with Crippen LogP contribution in [0.3, 0.4) is 0 Å². The zero-order valence-electron chi connectivity index (χ0n) is 12.4. The number of rotatable bonds is 2. The molecule has 1 aromatic rings. The van der Waals surface area contributed by atoms with E-state index in [2.05, 4.69) is 20.8 Å². The van der Waals surface area contributed by atoms with Crippen LogP contribution in [-0.2, 0) is 15.4 Å². The van der Waals surface area contributed by atoms with Gasteiger partial charge in [0.05, 0.1) is 0 Å². The molecule has 0 spiro atoms. The standard InChI is InChI=1S/C14H23O4P.2Na.2H/c1-13(2,3)10-7-8-12(18-19(15,16)17)11(9-10)14(4,5)6;;;;/h7-9H,1-6H3,(H2,15,16,17);;;;. The van der Waals surface area contributed by atoms with E-state index in [4.69, 9.17) is 14.3 Å². The Balaban J connectivity index is 0. The van der Waals surface area contributed by atoms with Crippen molar-refractivity contribution < 1.29 is 18.9 Å². The quantitative estimate of drug-likeness (QED) is 0.644. The molecule has 0 amide bonds. The van der Waals surface area contributed by atoms with Crippen LogP contribution in [0.5, 0.6) is 5.75 Å². The Bertz CT molecular complexity index is 513. The first-order valence-electron chi connectivity index (χ1n) is 6.21. The average molecular weight is 334 g/mol. The van der Waals surface area contributed by atoms with Crippen molar-refractivity contribution in [3.8, 4) is 5.75 Å². The van der Waals surface area contributed by atoms with Crippen molar-refractivity contribution in [1.29, 1.82) is 0 Å². The fourth-order valence-corrected chi connectivity index (χ4v) is 2.21. The van der Waals surface area contributed by atoms with E-state index in [1.807, 2.05) is 32.9 Å². The zero-order chi connectivity index (χ0) is 15.1. The number of benzene rings is 1. The average Bonchev–Trinajstić information content (AvgIpc) is 2.11. The van der Waals surface area contributed by atoms with Crippen LogP contribution in [0, 0.1) is 0 Å². The van der Waals surface area contributed by atoms with Gasteiger partial charge in [0.1, 0.15) is 5.75 Å². The molecule has 112 valence electrons. The van der Waals surface area contributed by atoms with Crippen molar-refractivity contribution in [2.24, 2.45) is 0 Å². The topological polar surface area (TPSA) is 66.8 Å². The summed E-state index contributed by atoms with van der Waals surface area (Å²) in [5.74, 6) is 0.244. The van der Waals surface area contributed by atoms with E-state index in [-0.39, 0.29) is 75.7 Å². The van der Waals surface area contributed by atoms with Gasteiger partial charge in [-0.2, -0.15) is 0 Å². The van der Waals surface area contributed by atoms with Gasteiger partial charge in [-0.15, -0.1) is 0 Å². The Morgan fingerprint density at radius 1 is 0.952 bits per heavy atom. The molecule has 0 aliphatic heterocycles. The van der Waals surface area contributed by atoms with E-state index in [9.17, 15) is 4.57 Å². The summed E-state index contributed by atoms with van der Waals surface area (Å²) in [6.07, 6.45) is 0. The fourth-order valence-electron chi connectivity index (χ4n) is 1.79. The summed E-state index contributed by atoms with van der Waals surface area (Å²) in [5.41, 5.74) is 1.62. The van der Waals surface area contributed by atoms with E-state index in [0.717, 1.165) is 11.1 Å². The van der Waals surface area contributed by atoms with Crippen LogP contribution in [0.4, 0.5) is 0 Å². The molecule has 0 saturated heterocycles. The van der Waals surface area contributed by atoms with E-state index in [1.165, 1.54) is 0 Å². The number of phosphoric ester groups is 1. The molecule has 0 unspecified atom stereocenters. The molecule has 0 aromatic heterocycles. The SMILES string of the molecule is CC(C)(C)c1ccc(OP(=O)(O)O)c(C(C)(C)C)c1.[NaH].[NaH]. The van der Waals surface area contributed by atoms with Crippen molar-refractivity contribution in [3.63, 3.8) is 0 Å². The summed E-state index contributed by atoms with van der Waals surface area (Å²) >= 11 is 0. The summed E-state index contributed by atoms with van der Waals surface area (Å²) in [6.45, 7) is 12.2. The van der Waals surface area contributed by atoms with Gasteiger partial charge >= 0.3 is 66.9 Å².